The lowest BCUT2D eigenvalue weighted by Crippen LogP contribution is -2.50. The van der Waals surface area contributed by atoms with Crippen molar-refractivity contribution in [2.45, 2.75) is 72.4 Å². The molecule has 16 heavy (non-hydrogen) atoms. The molecule has 0 rings (SSSR count). The van der Waals surface area contributed by atoms with Crippen LogP contribution >= 0.6 is 0 Å². The Labute approximate surface area is 101 Å². The van der Waals surface area contributed by atoms with Crippen LogP contribution in [0.15, 0.2) is 0 Å². The van der Waals surface area contributed by atoms with E-state index < -0.39 is 0 Å². The summed E-state index contributed by atoms with van der Waals surface area (Å²) in [5.74, 6) is 1.10. The summed E-state index contributed by atoms with van der Waals surface area (Å²) < 4.78 is 0. The minimum absolute atomic E-state index is 0.336. The van der Waals surface area contributed by atoms with E-state index in [1.165, 1.54) is 0 Å². The minimum atomic E-state index is -0.336. The molecule has 0 aliphatic heterocycles. The van der Waals surface area contributed by atoms with Crippen LogP contribution in [0.4, 0.5) is 0 Å². The van der Waals surface area contributed by atoms with Crippen molar-refractivity contribution in [1.82, 2.24) is 5.32 Å². The summed E-state index contributed by atoms with van der Waals surface area (Å²) in [6.07, 6.45) is 2.94. The van der Waals surface area contributed by atoms with Crippen molar-refractivity contribution in [3.8, 4) is 6.07 Å². The van der Waals surface area contributed by atoms with Crippen LogP contribution in [0.5, 0.6) is 0 Å². The average Bonchev–Trinajstić information content (AvgIpc) is 2.15. The van der Waals surface area contributed by atoms with Crippen LogP contribution in [0.1, 0.15) is 60.8 Å². The molecule has 2 nitrogen and oxygen atoms in total. The van der Waals surface area contributed by atoms with Gasteiger partial charge in [0.1, 0.15) is 5.54 Å². The highest BCUT2D eigenvalue weighted by Crippen LogP contribution is 2.25. The topological polar surface area (TPSA) is 35.8 Å². The van der Waals surface area contributed by atoms with Gasteiger partial charge in [0.25, 0.3) is 0 Å². The van der Waals surface area contributed by atoms with E-state index in [2.05, 4.69) is 52.9 Å². The normalized spacial score (nSPS) is 14.2. The van der Waals surface area contributed by atoms with Crippen LogP contribution in [0.3, 0.4) is 0 Å². The molecule has 0 aromatic heterocycles. The van der Waals surface area contributed by atoms with Crippen LogP contribution in [-0.4, -0.2) is 11.6 Å². The highest BCUT2D eigenvalue weighted by Gasteiger charge is 2.32. The van der Waals surface area contributed by atoms with E-state index in [9.17, 15) is 5.26 Å². The number of rotatable bonds is 7. The van der Waals surface area contributed by atoms with Gasteiger partial charge in [0.15, 0.2) is 0 Å². The van der Waals surface area contributed by atoms with Gasteiger partial charge in [-0.05, 0) is 38.0 Å². The monoisotopic (exact) mass is 224 g/mol. The summed E-state index contributed by atoms with van der Waals surface area (Å²) in [5, 5.41) is 13.0. The van der Waals surface area contributed by atoms with Crippen molar-refractivity contribution in [2.75, 3.05) is 0 Å². The lowest BCUT2D eigenvalue weighted by atomic mass is 9.82. The van der Waals surface area contributed by atoms with E-state index in [-0.39, 0.29) is 5.54 Å². The lowest BCUT2D eigenvalue weighted by molar-refractivity contribution is 0.261. The van der Waals surface area contributed by atoms with Crippen molar-refractivity contribution in [1.29, 1.82) is 5.26 Å². The second-order valence-corrected chi connectivity index (χ2v) is 5.84. The molecule has 0 saturated heterocycles. The molecule has 1 N–H and O–H groups in total. The van der Waals surface area contributed by atoms with E-state index in [0.29, 0.717) is 17.9 Å². The van der Waals surface area contributed by atoms with Crippen molar-refractivity contribution in [3.63, 3.8) is 0 Å². The zero-order valence-corrected chi connectivity index (χ0v) is 11.8. The summed E-state index contributed by atoms with van der Waals surface area (Å²) in [4.78, 5) is 0. The van der Waals surface area contributed by atoms with Crippen LogP contribution in [0, 0.1) is 23.2 Å². The first-order chi connectivity index (χ1) is 7.35. The third-order valence-corrected chi connectivity index (χ3v) is 2.86. The number of nitrogens with zero attached hydrogens (tertiary/aromatic N) is 1. The van der Waals surface area contributed by atoms with E-state index >= 15 is 0 Å². The molecule has 0 aromatic carbocycles. The third kappa shape index (κ3) is 5.51. The summed E-state index contributed by atoms with van der Waals surface area (Å²) >= 11 is 0. The summed E-state index contributed by atoms with van der Waals surface area (Å²) in [6.45, 7) is 13.1. The smallest absolute Gasteiger partial charge is 0.107 e. The Kier molecular flexibility index (Phi) is 6.67. The Morgan fingerprint density at radius 2 is 1.50 bits per heavy atom. The van der Waals surface area contributed by atoms with E-state index in [4.69, 9.17) is 0 Å². The van der Waals surface area contributed by atoms with Crippen molar-refractivity contribution < 1.29 is 0 Å². The zero-order chi connectivity index (χ0) is 12.8. The molecule has 0 bridgehead atoms. The molecule has 94 valence electrons. The van der Waals surface area contributed by atoms with Gasteiger partial charge in [-0.25, -0.2) is 0 Å². The first-order valence-electron chi connectivity index (χ1n) is 6.54. The van der Waals surface area contributed by atoms with E-state index in [1.807, 2.05) is 0 Å². The SMILES string of the molecule is CCC(C)NC(C#N)(CC(C)C)CC(C)C. The van der Waals surface area contributed by atoms with Gasteiger partial charge in [0.05, 0.1) is 6.07 Å². The molecule has 0 aliphatic rings. The Balaban J connectivity index is 4.75. The number of hydrogen-bond donors (Lipinski definition) is 1. The van der Waals surface area contributed by atoms with Crippen molar-refractivity contribution in [2.24, 2.45) is 11.8 Å². The maximum Gasteiger partial charge on any atom is 0.107 e. The predicted molar refractivity (Wildman–Crippen MR) is 70.1 cm³/mol. The molecule has 0 radical (unpaired) electrons. The number of hydrogen-bond acceptors (Lipinski definition) is 2. The van der Waals surface area contributed by atoms with Crippen molar-refractivity contribution in [3.05, 3.63) is 0 Å². The van der Waals surface area contributed by atoms with Crippen molar-refractivity contribution >= 4 is 0 Å². The molecule has 0 saturated carbocycles. The van der Waals surface area contributed by atoms with Gasteiger partial charge in [-0.15, -0.1) is 0 Å². The largest absolute Gasteiger partial charge is 0.297 e. The third-order valence-electron chi connectivity index (χ3n) is 2.86. The second-order valence-electron chi connectivity index (χ2n) is 5.84. The zero-order valence-electron chi connectivity index (χ0n) is 11.8. The van der Waals surface area contributed by atoms with Gasteiger partial charge in [-0.3, -0.25) is 5.32 Å². The second kappa shape index (κ2) is 6.91. The van der Waals surface area contributed by atoms with Gasteiger partial charge in [0, 0.05) is 6.04 Å². The highest BCUT2D eigenvalue weighted by molar-refractivity contribution is 5.08. The molecular formula is C14H28N2. The Morgan fingerprint density at radius 1 is 1.06 bits per heavy atom. The molecular weight excluding hydrogens is 196 g/mol. The van der Waals surface area contributed by atoms with Gasteiger partial charge >= 0.3 is 0 Å². The highest BCUT2D eigenvalue weighted by atomic mass is 15.0. The van der Waals surface area contributed by atoms with Crippen LogP contribution < -0.4 is 5.32 Å². The number of nitriles is 1. The summed E-state index contributed by atoms with van der Waals surface area (Å²) in [6, 6.07) is 2.95. The van der Waals surface area contributed by atoms with E-state index in [1.54, 1.807) is 0 Å². The number of nitrogens with one attached hydrogen (secondary N) is 1. The fraction of sp³-hybridized carbons (Fsp3) is 0.929. The average molecular weight is 224 g/mol. The molecule has 1 atom stereocenters. The molecule has 0 aromatic rings. The van der Waals surface area contributed by atoms with Gasteiger partial charge in [-0.2, -0.15) is 5.26 Å². The summed E-state index contributed by atoms with van der Waals surface area (Å²) in [5.41, 5.74) is -0.336. The van der Waals surface area contributed by atoms with Gasteiger partial charge in [-0.1, -0.05) is 34.6 Å². The fourth-order valence-corrected chi connectivity index (χ4v) is 2.29. The molecule has 0 aliphatic carbocycles. The fourth-order valence-electron chi connectivity index (χ4n) is 2.29. The molecule has 2 heteroatoms. The van der Waals surface area contributed by atoms with Gasteiger partial charge < -0.3 is 0 Å². The van der Waals surface area contributed by atoms with Crippen LogP contribution in [0.2, 0.25) is 0 Å². The van der Waals surface area contributed by atoms with Crippen LogP contribution in [-0.2, 0) is 0 Å². The van der Waals surface area contributed by atoms with Crippen LogP contribution in [0.25, 0.3) is 0 Å². The van der Waals surface area contributed by atoms with Gasteiger partial charge in [0.2, 0.25) is 0 Å². The Hall–Kier alpha value is -0.550. The molecule has 0 heterocycles. The maximum absolute atomic E-state index is 9.51. The minimum Gasteiger partial charge on any atom is -0.297 e. The molecule has 0 fully saturated rings. The Morgan fingerprint density at radius 3 is 1.75 bits per heavy atom. The van der Waals surface area contributed by atoms with E-state index in [0.717, 1.165) is 19.3 Å². The predicted octanol–water partition coefficient (Wildman–Crippen LogP) is 3.73. The quantitative estimate of drug-likeness (QED) is 0.715. The first kappa shape index (κ1) is 15.4. The molecule has 1 unspecified atom stereocenters. The first-order valence-corrected chi connectivity index (χ1v) is 6.54. The Bertz CT molecular complexity index is 215. The molecule has 0 spiro atoms. The maximum atomic E-state index is 9.51. The molecule has 0 amide bonds. The standard InChI is InChI=1S/C14H28N2/c1-7-13(6)16-14(10-15,8-11(2)3)9-12(4)5/h11-13,16H,7-9H2,1-6H3. The lowest BCUT2D eigenvalue weighted by Gasteiger charge is -2.34. The summed E-state index contributed by atoms with van der Waals surface area (Å²) in [7, 11) is 0.